The van der Waals surface area contributed by atoms with Gasteiger partial charge in [-0.1, -0.05) is 12.1 Å². The summed E-state index contributed by atoms with van der Waals surface area (Å²) in [6.45, 7) is 0.0436. The SMILES string of the molecule is N#CCc1cccc(C(=O)N2C[C@@H](O)C[C@H]2c2cc(F)ccc2F)c1. The van der Waals surface area contributed by atoms with E-state index in [1.165, 1.54) is 4.90 Å². The molecule has 2 atom stereocenters. The Labute approximate surface area is 143 Å². The van der Waals surface area contributed by atoms with Gasteiger partial charge in [0.15, 0.2) is 0 Å². The molecule has 0 unspecified atom stereocenters. The van der Waals surface area contributed by atoms with Gasteiger partial charge in [-0.25, -0.2) is 8.78 Å². The van der Waals surface area contributed by atoms with Crippen LogP contribution in [0.15, 0.2) is 42.5 Å². The highest BCUT2D eigenvalue weighted by molar-refractivity contribution is 5.95. The highest BCUT2D eigenvalue weighted by atomic mass is 19.1. The first-order valence-electron chi connectivity index (χ1n) is 7.89. The average Bonchev–Trinajstić information content (AvgIpc) is 2.98. The smallest absolute Gasteiger partial charge is 0.254 e. The van der Waals surface area contributed by atoms with Crippen molar-refractivity contribution in [2.75, 3.05) is 6.54 Å². The van der Waals surface area contributed by atoms with Crippen molar-refractivity contribution in [3.05, 3.63) is 70.8 Å². The molecule has 2 aromatic carbocycles. The monoisotopic (exact) mass is 342 g/mol. The third-order valence-corrected chi connectivity index (χ3v) is 4.31. The van der Waals surface area contributed by atoms with Crippen LogP contribution in [0, 0.1) is 23.0 Å². The summed E-state index contributed by atoms with van der Waals surface area (Å²) in [7, 11) is 0. The van der Waals surface area contributed by atoms with E-state index in [2.05, 4.69) is 0 Å². The lowest BCUT2D eigenvalue weighted by molar-refractivity contribution is 0.0713. The zero-order valence-electron chi connectivity index (χ0n) is 13.3. The number of benzene rings is 2. The molecule has 1 amide bonds. The number of aliphatic hydroxyl groups is 1. The number of likely N-dealkylation sites (tertiary alicyclic amines) is 1. The van der Waals surface area contributed by atoms with Crippen molar-refractivity contribution in [3.63, 3.8) is 0 Å². The van der Waals surface area contributed by atoms with Gasteiger partial charge in [-0.2, -0.15) is 5.26 Å². The van der Waals surface area contributed by atoms with Crippen LogP contribution in [0.1, 0.15) is 33.9 Å². The summed E-state index contributed by atoms with van der Waals surface area (Å²) >= 11 is 0. The van der Waals surface area contributed by atoms with Crippen molar-refractivity contribution in [1.29, 1.82) is 5.26 Å². The summed E-state index contributed by atoms with van der Waals surface area (Å²) in [5.74, 6) is -1.59. The van der Waals surface area contributed by atoms with Gasteiger partial charge in [0.05, 0.1) is 24.6 Å². The van der Waals surface area contributed by atoms with E-state index in [1.807, 2.05) is 6.07 Å². The molecule has 2 aromatic rings. The first-order chi connectivity index (χ1) is 12.0. The molecule has 0 saturated carbocycles. The number of hydrogen-bond donors (Lipinski definition) is 1. The summed E-state index contributed by atoms with van der Waals surface area (Å²) in [6, 6.07) is 11.0. The van der Waals surface area contributed by atoms with Crippen molar-refractivity contribution in [2.45, 2.75) is 25.0 Å². The molecule has 0 bridgehead atoms. The molecule has 3 rings (SSSR count). The van der Waals surface area contributed by atoms with E-state index in [9.17, 15) is 18.7 Å². The summed E-state index contributed by atoms with van der Waals surface area (Å²) in [4.78, 5) is 14.2. The zero-order valence-corrected chi connectivity index (χ0v) is 13.3. The topological polar surface area (TPSA) is 64.3 Å². The molecule has 25 heavy (non-hydrogen) atoms. The van der Waals surface area contributed by atoms with E-state index in [1.54, 1.807) is 24.3 Å². The molecule has 1 aliphatic heterocycles. The van der Waals surface area contributed by atoms with Crippen LogP contribution >= 0.6 is 0 Å². The molecule has 128 valence electrons. The molecule has 0 aliphatic carbocycles. The first kappa shape index (κ1) is 17.1. The average molecular weight is 342 g/mol. The lowest BCUT2D eigenvalue weighted by Gasteiger charge is -2.25. The van der Waals surface area contributed by atoms with E-state index in [-0.39, 0.29) is 30.9 Å². The number of hydrogen-bond acceptors (Lipinski definition) is 3. The highest BCUT2D eigenvalue weighted by Crippen LogP contribution is 2.35. The Morgan fingerprint density at radius 2 is 2.08 bits per heavy atom. The van der Waals surface area contributed by atoms with Gasteiger partial charge in [0.1, 0.15) is 11.6 Å². The number of carbonyl (C=O) groups excluding carboxylic acids is 1. The molecule has 1 heterocycles. The van der Waals surface area contributed by atoms with E-state index in [0.29, 0.717) is 11.1 Å². The van der Waals surface area contributed by atoms with Crippen molar-refractivity contribution < 1.29 is 18.7 Å². The fraction of sp³-hybridized carbons (Fsp3) is 0.263. The van der Waals surface area contributed by atoms with Gasteiger partial charge < -0.3 is 10.0 Å². The van der Waals surface area contributed by atoms with Crippen LogP contribution in [0.25, 0.3) is 0 Å². The van der Waals surface area contributed by atoms with Crippen LogP contribution < -0.4 is 0 Å². The summed E-state index contributed by atoms with van der Waals surface area (Å²) in [5.41, 5.74) is 1.10. The standard InChI is InChI=1S/C19H16F2N2O2/c20-14-4-5-17(21)16(9-14)18-10-15(24)11-23(18)19(25)13-3-1-2-12(8-13)6-7-22/h1-5,8-9,15,18,24H,6,10-11H2/t15-,18-/m0/s1. The van der Waals surface area contributed by atoms with Crippen LogP contribution in [-0.4, -0.2) is 28.6 Å². The number of β-amino-alcohol motifs (C(OH)–C–C–N with tert-alkyl or cyclic N) is 1. The van der Waals surface area contributed by atoms with E-state index >= 15 is 0 Å². The summed E-state index contributed by atoms with van der Waals surface area (Å²) in [6.07, 6.45) is -0.491. The molecular weight excluding hydrogens is 326 g/mol. The Morgan fingerprint density at radius 3 is 2.84 bits per heavy atom. The van der Waals surface area contributed by atoms with Gasteiger partial charge in [-0.05, 0) is 42.3 Å². The van der Waals surface area contributed by atoms with Crippen molar-refractivity contribution in [1.82, 2.24) is 4.90 Å². The summed E-state index contributed by atoms with van der Waals surface area (Å²) < 4.78 is 27.7. The molecule has 6 heteroatoms. The van der Waals surface area contributed by atoms with Crippen molar-refractivity contribution in [2.24, 2.45) is 0 Å². The second kappa shape index (κ2) is 6.99. The minimum absolute atomic E-state index is 0.0436. The van der Waals surface area contributed by atoms with Crippen LogP contribution in [0.4, 0.5) is 8.78 Å². The fourth-order valence-corrected chi connectivity index (χ4v) is 3.17. The maximum atomic E-state index is 14.1. The van der Waals surface area contributed by atoms with Crippen LogP contribution in [0.2, 0.25) is 0 Å². The molecule has 1 N–H and O–H groups in total. The second-order valence-electron chi connectivity index (χ2n) is 6.06. The number of carbonyl (C=O) groups is 1. The van der Waals surface area contributed by atoms with Crippen molar-refractivity contribution >= 4 is 5.91 Å². The predicted molar refractivity (Wildman–Crippen MR) is 86.5 cm³/mol. The Bertz CT molecular complexity index is 848. The van der Waals surface area contributed by atoms with Gasteiger partial charge in [0.25, 0.3) is 5.91 Å². The van der Waals surface area contributed by atoms with Gasteiger partial charge in [-0.15, -0.1) is 0 Å². The molecule has 1 aliphatic rings. The Balaban J connectivity index is 1.94. The largest absolute Gasteiger partial charge is 0.391 e. The van der Waals surface area contributed by atoms with E-state index in [4.69, 9.17) is 5.26 Å². The van der Waals surface area contributed by atoms with Crippen LogP contribution in [0.5, 0.6) is 0 Å². The fourth-order valence-electron chi connectivity index (χ4n) is 3.17. The maximum absolute atomic E-state index is 14.1. The lowest BCUT2D eigenvalue weighted by atomic mass is 10.0. The number of nitriles is 1. The normalized spacial score (nSPS) is 19.7. The Kier molecular flexibility index (Phi) is 4.77. The van der Waals surface area contributed by atoms with Gasteiger partial charge in [0, 0.05) is 17.7 Å². The van der Waals surface area contributed by atoms with E-state index < -0.39 is 23.8 Å². The number of halogens is 2. The zero-order chi connectivity index (χ0) is 18.0. The van der Waals surface area contributed by atoms with Crippen LogP contribution in [0.3, 0.4) is 0 Å². The van der Waals surface area contributed by atoms with Gasteiger partial charge >= 0.3 is 0 Å². The van der Waals surface area contributed by atoms with Crippen molar-refractivity contribution in [3.8, 4) is 6.07 Å². The minimum Gasteiger partial charge on any atom is -0.391 e. The van der Waals surface area contributed by atoms with Crippen LogP contribution in [-0.2, 0) is 6.42 Å². The number of nitrogens with zero attached hydrogens (tertiary/aromatic N) is 2. The van der Waals surface area contributed by atoms with E-state index in [0.717, 1.165) is 18.2 Å². The summed E-state index contributed by atoms with van der Waals surface area (Å²) in [5, 5.41) is 18.8. The molecular formula is C19H16F2N2O2. The Hall–Kier alpha value is -2.78. The molecule has 0 aromatic heterocycles. The molecule has 1 saturated heterocycles. The van der Waals surface area contributed by atoms with Gasteiger partial charge in [0.2, 0.25) is 0 Å². The number of aliphatic hydroxyl groups excluding tert-OH is 1. The molecule has 0 spiro atoms. The third-order valence-electron chi connectivity index (χ3n) is 4.31. The maximum Gasteiger partial charge on any atom is 0.254 e. The quantitative estimate of drug-likeness (QED) is 0.933. The minimum atomic E-state index is -0.807. The molecule has 4 nitrogen and oxygen atoms in total. The lowest BCUT2D eigenvalue weighted by Crippen LogP contribution is -2.32. The first-order valence-corrected chi connectivity index (χ1v) is 7.89. The third kappa shape index (κ3) is 3.52. The van der Waals surface area contributed by atoms with Gasteiger partial charge in [-0.3, -0.25) is 4.79 Å². The second-order valence-corrected chi connectivity index (χ2v) is 6.06. The molecule has 0 radical (unpaired) electrons. The predicted octanol–water partition coefficient (Wildman–Crippen LogP) is 2.98. The number of rotatable bonds is 3. The Morgan fingerprint density at radius 1 is 1.28 bits per heavy atom. The highest BCUT2D eigenvalue weighted by Gasteiger charge is 2.37. The molecule has 1 fully saturated rings. The number of amides is 1.